The van der Waals surface area contributed by atoms with Crippen molar-refractivity contribution in [1.82, 2.24) is 14.9 Å². The van der Waals surface area contributed by atoms with Crippen molar-refractivity contribution in [1.29, 1.82) is 0 Å². The summed E-state index contributed by atoms with van der Waals surface area (Å²) in [5.74, 6) is 0.108. The highest BCUT2D eigenvalue weighted by Gasteiger charge is 2.48. The van der Waals surface area contributed by atoms with Gasteiger partial charge in [-0.25, -0.2) is 0 Å². The minimum atomic E-state index is 0.0655. The molecule has 0 aliphatic carbocycles. The molecule has 0 radical (unpaired) electrons. The fourth-order valence-electron chi connectivity index (χ4n) is 4.09. The van der Waals surface area contributed by atoms with Gasteiger partial charge in [-0.3, -0.25) is 14.8 Å². The lowest BCUT2D eigenvalue weighted by Crippen LogP contribution is -2.68. The third-order valence-electron chi connectivity index (χ3n) is 5.48. The fraction of sp³-hybridized carbons (Fsp3) is 0.526. The third kappa shape index (κ3) is 2.95. The normalized spacial score (nSPS) is 23.1. The molecule has 132 valence electrons. The molecule has 25 heavy (non-hydrogen) atoms. The van der Waals surface area contributed by atoms with Crippen molar-refractivity contribution in [3.63, 3.8) is 0 Å². The summed E-state index contributed by atoms with van der Waals surface area (Å²) < 4.78 is 5.31. The Balaban J connectivity index is 1.54. The quantitative estimate of drug-likeness (QED) is 0.854. The highest BCUT2D eigenvalue weighted by atomic mass is 16.5. The zero-order chi connectivity index (χ0) is 17.3. The Labute approximate surface area is 147 Å². The van der Waals surface area contributed by atoms with Crippen LogP contribution in [0.4, 0.5) is 5.69 Å². The van der Waals surface area contributed by atoms with Crippen LogP contribution in [0, 0.1) is 0 Å². The predicted molar refractivity (Wildman–Crippen MR) is 96.5 cm³/mol. The number of amides is 1. The molecule has 0 saturated carbocycles. The van der Waals surface area contributed by atoms with Crippen molar-refractivity contribution < 1.29 is 9.53 Å². The number of piperidine rings is 1. The monoisotopic (exact) mass is 340 g/mol. The Bertz CT molecular complexity index is 781. The van der Waals surface area contributed by atoms with Crippen LogP contribution in [0.5, 0.6) is 0 Å². The van der Waals surface area contributed by atoms with E-state index in [1.807, 2.05) is 17.9 Å². The van der Waals surface area contributed by atoms with E-state index in [1.54, 1.807) is 12.4 Å². The molecule has 4 rings (SSSR count). The molecule has 2 saturated heterocycles. The average molecular weight is 340 g/mol. The van der Waals surface area contributed by atoms with Gasteiger partial charge >= 0.3 is 0 Å². The second-order valence-electron chi connectivity index (χ2n) is 6.91. The van der Waals surface area contributed by atoms with Gasteiger partial charge in [0, 0.05) is 44.3 Å². The van der Waals surface area contributed by atoms with E-state index < -0.39 is 0 Å². The maximum atomic E-state index is 12.4. The molecule has 2 aliphatic rings. The molecular weight excluding hydrogens is 316 g/mol. The molecule has 0 N–H and O–H groups in total. The van der Waals surface area contributed by atoms with E-state index in [9.17, 15) is 4.79 Å². The number of likely N-dealkylation sites (tertiary alicyclic amines) is 1. The Morgan fingerprint density at radius 3 is 2.80 bits per heavy atom. The van der Waals surface area contributed by atoms with Crippen molar-refractivity contribution in [2.45, 2.75) is 31.7 Å². The maximum Gasteiger partial charge on any atom is 0.248 e. The third-order valence-corrected chi connectivity index (χ3v) is 5.48. The van der Waals surface area contributed by atoms with Crippen LogP contribution < -0.4 is 4.90 Å². The average Bonchev–Trinajstić information content (AvgIpc) is 2.65. The van der Waals surface area contributed by atoms with Crippen molar-refractivity contribution in [3.05, 3.63) is 30.6 Å². The van der Waals surface area contributed by atoms with Crippen LogP contribution in [0.3, 0.4) is 0 Å². The van der Waals surface area contributed by atoms with Gasteiger partial charge in [-0.1, -0.05) is 0 Å². The largest absolute Gasteiger partial charge is 0.372 e. The summed E-state index contributed by atoms with van der Waals surface area (Å²) in [6, 6.07) is 6.27. The van der Waals surface area contributed by atoms with Crippen LogP contribution >= 0.6 is 0 Å². The lowest BCUT2D eigenvalue weighted by molar-refractivity contribution is -0.138. The van der Waals surface area contributed by atoms with E-state index in [1.165, 1.54) is 5.69 Å². The maximum absolute atomic E-state index is 12.4. The van der Waals surface area contributed by atoms with Crippen LogP contribution in [-0.2, 0) is 9.53 Å². The molecule has 2 fully saturated rings. The number of hydrogen-bond acceptors (Lipinski definition) is 5. The van der Waals surface area contributed by atoms with Crippen LogP contribution in [0.1, 0.15) is 26.2 Å². The van der Waals surface area contributed by atoms with Crippen LogP contribution in [0.15, 0.2) is 30.6 Å². The SMILES string of the molecule is CCOCC(=O)N1CCC[C@]2(CCN2c2ccc3nccnc3c2)C1. The van der Waals surface area contributed by atoms with E-state index >= 15 is 0 Å². The minimum Gasteiger partial charge on any atom is -0.372 e. The Kier molecular flexibility index (Phi) is 4.29. The number of nitrogens with zero attached hydrogens (tertiary/aromatic N) is 4. The van der Waals surface area contributed by atoms with E-state index in [0.717, 1.165) is 49.9 Å². The Hall–Kier alpha value is -2.21. The van der Waals surface area contributed by atoms with E-state index in [2.05, 4.69) is 27.0 Å². The highest BCUT2D eigenvalue weighted by molar-refractivity contribution is 5.80. The zero-order valence-electron chi connectivity index (χ0n) is 14.6. The van der Waals surface area contributed by atoms with Crippen LogP contribution in [0.25, 0.3) is 11.0 Å². The lowest BCUT2D eigenvalue weighted by atomic mass is 9.77. The number of benzene rings is 1. The standard InChI is InChI=1S/C19H24N4O2/c1-2-25-13-18(24)22-10-3-6-19(14-22)7-11-23(19)15-4-5-16-17(12-15)21-9-8-20-16/h4-5,8-9,12H,2-3,6-7,10-11,13-14H2,1H3/t19-/m0/s1. The summed E-state index contributed by atoms with van der Waals surface area (Å²) in [4.78, 5) is 25.6. The molecule has 0 bridgehead atoms. The second kappa shape index (κ2) is 6.59. The van der Waals surface area contributed by atoms with E-state index in [4.69, 9.17) is 4.74 Å². The van der Waals surface area contributed by atoms with Gasteiger partial charge in [0.2, 0.25) is 5.91 Å². The molecule has 0 unspecified atom stereocenters. The fourth-order valence-corrected chi connectivity index (χ4v) is 4.09. The van der Waals surface area contributed by atoms with Crippen molar-refractivity contribution in [2.24, 2.45) is 0 Å². The van der Waals surface area contributed by atoms with Crippen LogP contribution in [-0.4, -0.2) is 59.2 Å². The topological polar surface area (TPSA) is 58.6 Å². The van der Waals surface area contributed by atoms with Gasteiger partial charge in [0.25, 0.3) is 0 Å². The van der Waals surface area contributed by atoms with Gasteiger partial charge in [-0.15, -0.1) is 0 Å². The molecule has 1 atom stereocenters. The van der Waals surface area contributed by atoms with Gasteiger partial charge in [0.1, 0.15) is 6.61 Å². The summed E-state index contributed by atoms with van der Waals surface area (Å²) in [5, 5.41) is 0. The van der Waals surface area contributed by atoms with E-state index in [-0.39, 0.29) is 18.1 Å². The first-order valence-corrected chi connectivity index (χ1v) is 9.06. The van der Waals surface area contributed by atoms with Crippen molar-refractivity contribution >= 4 is 22.6 Å². The minimum absolute atomic E-state index is 0.0655. The number of fused-ring (bicyclic) bond motifs is 1. The number of carbonyl (C=O) groups excluding carboxylic acids is 1. The molecule has 1 aromatic heterocycles. The van der Waals surface area contributed by atoms with Crippen molar-refractivity contribution in [3.8, 4) is 0 Å². The summed E-state index contributed by atoms with van der Waals surface area (Å²) in [6.07, 6.45) is 6.75. The second-order valence-corrected chi connectivity index (χ2v) is 6.91. The van der Waals surface area contributed by atoms with Gasteiger partial charge in [0.15, 0.2) is 0 Å². The van der Waals surface area contributed by atoms with Gasteiger partial charge in [0.05, 0.1) is 16.6 Å². The Morgan fingerprint density at radius 1 is 1.20 bits per heavy atom. The smallest absolute Gasteiger partial charge is 0.248 e. The van der Waals surface area contributed by atoms with Crippen LogP contribution in [0.2, 0.25) is 0 Å². The van der Waals surface area contributed by atoms with Gasteiger partial charge < -0.3 is 14.5 Å². The zero-order valence-corrected chi connectivity index (χ0v) is 14.6. The first-order valence-electron chi connectivity index (χ1n) is 9.06. The molecule has 2 aromatic rings. The first kappa shape index (κ1) is 16.3. The highest BCUT2D eigenvalue weighted by Crippen LogP contribution is 2.42. The number of carbonyl (C=O) groups is 1. The van der Waals surface area contributed by atoms with Gasteiger partial charge in [-0.2, -0.15) is 0 Å². The molecule has 1 aromatic carbocycles. The summed E-state index contributed by atoms with van der Waals surface area (Å²) in [7, 11) is 0. The summed E-state index contributed by atoms with van der Waals surface area (Å²) in [5.41, 5.74) is 3.08. The molecule has 1 spiro atoms. The number of hydrogen-bond donors (Lipinski definition) is 0. The Morgan fingerprint density at radius 2 is 2.04 bits per heavy atom. The molecule has 1 amide bonds. The molecular formula is C19H24N4O2. The first-order chi connectivity index (χ1) is 12.2. The number of anilines is 1. The molecule has 2 aliphatic heterocycles. The van der Waals surface area contributed by atoms with Gasteiger partial charge in [-0.05, 0) is 44.4 Å². The number of aromatic nitrogens is 2. The molecule has 6 nitrogen and oxygen atoms in total. The number of ether oxygens (including phenoxy) is 1. The molecule has 3 heterocycles. The number of rotatable bonds is 4. The lowest BCUT2D eigenvalue weighted by Gasteiger charge is -2.58. The van der Waals surface area contributed by atoms with E-state index in [0.29, 0.717) is 6.61 Å². The van der Waals surface area contributed by atoms with Crippen molar-refractivity contribution in [2.75, 3.05) is 37.7 Å². The predicted octanol–water partition coefficient (Wildman–Crippen LogP) is 2.24. The summed E-state index contributed by atoms with van der Waals surface area (Å²) >= 11 is 0. The summed E-state index contributed by atoms with van der Waals surface area (Å²) in [6.45, 7) is 5.34. The molecule has 6 heteroatoms.